The lowest BCUT2D eigenvalue weighted by Gasteiger charge is -2.03. The van der Waals surface area contributed by atoms with Crippen molar-refractivity contribution in [3.05, 3.63) is 23.8 Å². The maximum atomic E-state index is 11.1. The number of phenolic OH excluding ortho intramolecular Hbond substituents is 1. The van der Waals surface area contributed by atoms with Gasteiger partial charge in [0.1, 0.15) is 11.3 Å². The van der Waals surface area contributed by atoms with Crippen LogP contribution in [0.15, 0.2) is 18.2 Å². The fourth-order valence-electron chi connectivity index (χ4n) is 0.858. The Labute approximate surface area is 85.0 Å². The van der Waals surface area contributed by atoms with Crippen molar-refractivity contribution in [3.8, 4) is 5.75 Å². The second kappa shape index (κ2) is 3.75. The van der Waals surface area contributed by atoms with Crippen LogP contribution < -0.4 is 5.73 Å². The number of hydrogen-bond acceptors (Lipinski definition) is 6. The number of aromatic hydroxyl groups is 1. The van der Waals surface area contributed by atoms with Crippen molar-refractivity contribution in [3.63, 3.8) is 0 Å². The van der Waals surface area contributed by atoms with Crippen LogP contribution in [-0.2, 0) is 14.6 Å². The normalized spacial score (nSPS) is 11.0. The van der Waals surface area contributed by atoms with Gasteiger partial charge in [-0.05, 0) is 18.2 Å². The molecule has 1 rings (SSSR count). The Hall–Kier alpha value is -1.80. The number of carbonyl (C=O) groups excluding carboxylic acids is 1. The zero-order valence-electron chi connectivity index (χ0n) is 7.25. The lowest BCUT2D eigenvalue weighted by Crippen LogP contribution is -2.12. The summed E-state index contributed by atoms with van der Waals surface area (Å²) in [7, 11) is -4.90. The number of anilines is 1. The Morgan fingerprint density at radius 2 is 2.00 bits per heavy atom. The van der Waals surface area contributed by atoms with E-state index in [-0.39, 0.29) is 5.69 Å². The zero-order chi connectivity index (χ0) is 11.6. The molecule has 1 aromatic rings. The summed E-state index contributed by atoms with van der Waals surface area (Å²) in [5, 5.41) is 9.17. The highest BCUT2D eigenvalue weighted by atomic mass is 32.3. The highest BCUT2D eigenvalue weighted by Gasteiger charge is 2.19. The molecule has 0 fully saturated rings. The van der Waals surface area contributed by atoms with E-state index >= 15 is 0 Å². The van der Waals surface area contributed by atoms with Gasteiger partial charge < -0.3 is 15.0 Å². The van der Waals surface area contributed by atoms with E-state index in [4.69, 9.17) is 15.4 Å². The molecule has 8 heteroatoms. The number of hydrogen-bond donors (Lipinski definition) is 3. The smallest absolute Gasteiger partial charge is 0.449 e. The Bertz CT molecular complexity index is 494. The van der Waals surface area contributed by atoms with E-state index in [1.807, 2.05) is 0 Å². The van der Waals surface area contributed by atoms with Gasteiger partial charge in [0, 0.05) is 5.69 Å². The molecule has 0 heterocycles. The molecule has 15 heavy (non-hydrogen) atoms. The first-order valence-electron chi connectivity index (χ1n) is 3.59. The maximum absolute atomic E-state index is 11.1. The van der Waals surface area contributed by atoms with Crippen LogP contribution >= 0.6 is 0 Å². The molecule has 0 saturated heterocycles. The van der Waals surface area contributed by atoms with E-state index in [1.165, 1.54) is 6.07 Å². The van der Waals surface area contributed by atoms with Gasteiger partial charge in [0.05, 0.1) is 0 Å². The van der Waals surface area contributed by atoms with Gasteiger partial charge in [-0.25, -0.2) is 4.79 Å². The quantitative estimate of drug-likeness (QED) is 0.370. The molecule has 0 saturated carbocycles. The third kappa shape index (κ3) is 3.11. The number of phenols is 1. The van der Waals surface area contributed by atoms with Gasteiger partial charge in [-0.2, -0.15) is 8.42 Å². The summed E-state index contributed by atoms with van der Waals surface area (Å²) in [6, 6.07) is 3.42. The van der Waals surface area contributed by atoms with Crippen LogP contribution in [0.4, 0.5) is 5.69 Å². The summed E-state index contributed by atoms with van der Waals surface area (Å²) in [6.07, 6.45) is 0. The summed E-state index contributed by atoms with van der Waals surface area (Å²) in [5.41, 5.74) is 4.98. The standard InChI is InChI=1S/C7H7NO6S/c8-4-1-2-6(9)5(3-4)7(10)14-15(11,12)13/h1-3,9H,8H2,(H,11,12,13). The first-order chi connectivity index (χ1) is 6.79. The molecular weight excluding hydrogens is 226 g/mol. The maximum Gasteiger partial charge on any atom is 0.449 e. The molecule has 0 aliphatic heterocycles. The molecule has 4 N–H and O–H groups in total. The minimum atomic E-state index is -4.90. The molecule has 0 radical (unpaired) electrons. The van der Waals surface area contributed by atoms with Crippen molar-refractivity contribution in [2.24, 2.45) is 0 Å². The van der Waals surface area contributed by atoms with E-state index in [9.17, 15) is 13.2 Å². The Kier molecular flexibility index (Phi) is 2.82. The number of rotatable bonds is 2. The lowest BCUT2D eigenvalue weighted by atomic mass is 10.2. The average molecular weight is 233 g/mol. The van der Waals surface area contributed by atoms with Gasteiger partial charge in [0.15, 0.2) is 0 Å². The predicted octanol–water partition coefficient (Wildman–Crippen LogP) is -0.0660. The molecule has 0 aliphatic rings. The summed E-state index contributed by atoms with van der Waals surface area (Å²) < 4.78 is 32.3. The zero-order valence-corrected chi connectivity index (χ0v) is 8.06. The molecule has 0 spiro atoms. The highest BCUT2D eigenvalue weighted by Crippen LogP contribution is 2.20. The molecule has 0 aliphatic carbocycles. The Balaban J connectivity index is 3.06. The molecule has 82 valence electrons. The van der Waals surface area contributed by atoms with Crippen LogP contribution in [-0.4, -0.2) is 24.0 Å². The monoisotopic (exact) mass is 233 g/mol. The van der Waals surface area contributed by atoms with Crippen molar-refractivity contribution in [1.29, 1.82) is 0 Å². The number of carbonyl (C=O) groups is 1. The Morgan fingerprint density at radius 1 is 1.40 bits per heavy atom. The number of nitrogen functional groups attached to an aromatic ring is 1. The second-order valence-corrected chi connectivity index (χ2v) is 3.60. The van der Waals surface area contributed by atoms with Crippen LogP contribution in [0.1, 0.15) is 10.4 Å². The topological polar surface area (TPSA) is 127 Å². The molecule has 0 atom stereocenters. The third-order valence-electron chi connectivity index (χ3n) is 1.42. The molecule has 0 unspecified atom stereocenters. The van der Waals surface area contributed by atoms with E-state index < -0.39 is 27.7 Å². The van der Waals surface area contributed by atoms with Crippen molar-refractivity contribution in [2.45, 2.75) is 0 Å². The number of benzene rings is 1. The van der Waals surface area contributed by atoms with Crippen molar-refractivity contribution in [2.75, 3.05) is 5.73 Å². The molecular formula is C7H7NO6S. The minimum absolute atomic E-state index is 0.134. The van der Waals surface area contributed by atoms with Crippen LogP contribution in [0.25, 0.3) is 0 Å². The van der Waals surface area contributed by atoms with Crippen molar-refractivity contribution in [1.82, 2.24) is 0 Å². The van der Waals surface area contributed by atoms with Gasteiger partial charge >= 0.3 is 16.4 Å². The van der Waals surface area contributed by atoms with Crippen LogP contribution in [0.5, 0.6) is 5.75 Å². The van der Waals surface area contributed by atoms with Gasteiger partial charge in [0.25, 0.3) is 0 Å². The summed E-state index contributed by atoms with van der Waals surface area (Å²) in [5.74, 6) is -1.92. The van der Waals surface area contributed by atoms with Crippen LogP contribution in [0, 0.1) is 0 Å². The van der Waals surface area contributed by atoms with E-state index in [2.05, 4.69) is 4.18 Å². The summed E-state index contributed by atoms with van der Waals surface area (Å²) in [4.78, 5) is 11.1. The van der Waals surface area contributed by atoms with Gasteiger partial charge in [-0.15, -0.1) is 0 Å². The third-order valence-corrected chi connectivity index (χ3v) is 1.78. The van der Waals surface area contributed by atoms with Crippen LogP contribution in [0.2, 0.25) is 0 Å². The fourth-order valence-corrected chi connectivity index (χ4v) is 1.14. The molecule has 7 nitrogen and oxygen atoms in total. The second-order valence-electron chi connectivity index (χ2n) is 2.58. The van der Waals surface area contributed by atoms with E-state index in [0.717, 1.165) is 12.1 Å². The highest BCUT2D eigenvalue weighted by molar-refractivity contribution is 7.81. The molecule has 1 aromatic carbocycles. The number of nitrogens with two attached hydrogens (primary N) is 1. The molecule has 0 aromatic heterocycles. The Morgan fingerprint density at radius 3 is 2.53 bits per heavy atom. The van der Waals surface area contributed by atoms with Crippen molar-refractivity contribution >= 4 is 22.1 Å². The summed E-state index contributed by atoms with van der Waals surface area (Å²) >= 11 is 0. The lowest BCUT2D eigenvalue weighted by molar-refractivity contribution is 0.0724. The molecule has 0 amide bonds. The van der Waals surface area contributed by atoms with Gasteiger partial charge in [-0.3, -0.25) is 4.55 Å². The SMILES string of the molecule is Nc1ccc(O)c(C(=O)OS(=O)(=O)O)c1. The first kappa shape index (κ1) is 11.3. The van der Waals surface area contributed by atoms with Gasteiger partial charge in [0.2, 0.25) is 0 Å². The summed E-state index contributed by atoms with van der Waals surface area (Å²) in [6.45, 7) is 0. The van der Waals surface area contributed by atoms with Gasteiger partial charge in [-0.1, -0.05) is 0 Å². The first-order valence-corrected chi connectivity index (χ1v) is 4.96. The average Bonchev–Trinajstić information content (AvgIpc) is 2.06. The van der Waals surface area contributed by atoms with E-state index in [0.29, 0.717) is 0 Å². The fraction of sp³-hybridized carbons (Fsp3) is 0. The van der Waals surface area contributed by atoms with Crippen LogP contribution in [0.3, 0.4) is 0 Å². The van der Waals surface area contributed by atoms with E-state index in [1.54, 1.807) is 0 Å². The van der Waals surface area contributed by atoms with Crippen molar-refractivity contribution < 1.29 is 27.1 Å². The largest absolute Gasteiger partial charge is 0.507 e. The minimum Gasteiger partial charge on any atom is -0.507 e. The predicted molar refractivity (Wildman–Crippen MR) is 49.5 cm³/mol. The molecule has 0 bridgehead atoms.